The van der Waals surface area contributed by atoms with Crippen molar-refractivity contribution < 1.29 is 48.6 Å². The summed E-state index contributed by atoms with van der Waals surface area (Å²) in [5, 5.41) is 35.8. The molecule has 3 rings (SSSR count). The lowest BCUT2D eigenvalue weighted by Gasteiger charge is -2.28. The largest absolute Gasteiger partial charge is 0.508 e. The van der Waals surface area contributed by atoms with Crippen LogP contribution in [0, 0.1) is 5.92 Å². The number of phenols is 1. The van der Waals surface area contributed by atoms with Gasteiger partial charge in [0.05, 0.1) is 0 Å². The Kier molecular flexibility index (Phi) is 22.2. The number of carboxylic acids is 1. The average molecular weight is 963 g/mol. The van der Waals surface area contributed by atoms with Crippen LogP contribution in [0.1, 0.15) is 76.8 Å². The van der Waals surface area contributed by atoms with Crippen LogP contribution in [0.2, 0.25) is 0 Å². The third kappa shape index (κ3) is 19.1. The van der Waals surface area contributed by atoms with E-state index in [2.05, 4.69) is 46.9 Å². The molecule has 0 saturated carbocycles. The molecule has 7 amide bonds. The molecule has 7 atom stereocenters. The van der Waals surface area contributed by atoms with Crippen molar-refractivity contribution in [1.82, 2.24) is 36.9 Å². The predicted molar refractivity (Wildman–Crippen MR) is 256 cm³/mol. The molecule has 24 nitrogen and oxygen atoms in total. The van der Waals surface area contributed by atoms with Crippen molar-refractivity contribution in [3.8, 4) is 5.75 Å². The number of carbonyl (C=O) groups is 8. The number of hydrogen-bond acceptors (Lipinski definition) is 11. The first-order valence-corrected chi connectivity index (χ1v) is 22.4. The molecule has 0 aliphatic carbocycles. The zero-order valence-electron chi connectivity index (χ0n) is 39.0. The van der Waals surface area contributed by atoms with E-state index in [1.165, 1.54) is 31.2 Å². The van der Waals surface area contributed by atoms with Crippen LogP contribution in [0.15, 0.2) is 64.7 Å². The summed E-state index contributed by atoms with van der Waals surface area (Å²) >= 11 is 0. The quantitative estimate of drug-likeness (QED) is 0.0205. The maximum absolute atomic E-state index is 14.4. The molecule has 0 aliphatic rings. The van der Waals surface area contributed by atoms with Crippen molar-refractivity contribution in [2.24, 2.45) is 44.6 Å². The second kappa shape index (κ2) is 27.7. The number of phenolic OH excluding ortho intramolecular Hbond substituents is 1. The van der Waals surface area contributed by atoms with E-state index in [9.17, 15) is 48.6 Å². The van der Waals surface area contributed by atoms with Crippen molar-refractivity contribution in [3.05, 3.63) is 65.9 Å². The maximum atomic E-state index is 14.4. The lowest BCUT2D eigenvalue weighted by molar-refractivity contribution is -0.138. The molecule has 0 spiro atoms. The predicted octanol–water partition coefficient (Wildman–Crippen LogP) is -1.91. The molecule has 1 aromatic heterocycles. The molecule has 0 saturated heterocycles. The fourth-order valence-electron chi connectivity index (χ4n) is 7.17. The van der Waals surface area contributed by atoms with Gasteiger partial charge in [-0.25, -0.2) is 0 Å². The lowest BCUT2D eigenvalue weighted by atomic mass is 9.97. The van der Waals surface area contributed by atoms with Crippen LogP contribution in [0.3, 0.4) is 0 Å². The molecule has 2 aromatic carbocycles. The Morgan fingerprint density at radius 3 is 1.62 bits per heavy atom. The molecule has 1 heterocycles. The van der Waals surface area contributed by atoms with E-state index in [0.717, 1.165) is 10.9 Å². The van der Waals surface area contributed by atoms with Gasteiger partial charge in [0.15, 0.2) is 11.9 Å². The number of aliphatic carboxylic acids is 1. The van der Waals surface area contributed by atoms with Crippen LogP contribution < -0.4 is 60.6 Å². The summed E-state index contributed by atoms with van der Waals surface area (Å²) < 4.78 is 0. The number of aromatic hydroxyl groups is 1. The monoisotopic (exact) mass is 963 g/mol. The van der Waals surface area contributed by atoms with Crippen LogP contribution >= 0.6 is 0 Å². The number of guanidine groups is 2. The normalized spacial score (nSPS) is 14.0. The van der Waals surface area contributed by atoms with Crippen LogP contribution in [0.25, 0.3) is 10.9 Å². The van der Waals surface area contributed by atoms with Gasteiger partial charge in [-0.2, -0.15) is 0 Å². The van der Waals surface area contributed by atoms with Crippen LogP contribution in [-0.2, 0) is 51.2 Å². The SMILES string of the molecule is CC[C@H](C)[C@H](NC(C)=O)C(=O)N[C@@H](Cc1c[nH]c2ccccc12)C(=O)N[C@@H](CCCN=C(N)N)C(=O)N[C@@H](CCC(=O)O)C(=O)N[C@@H](CCCN=C(N)N)C(=O)N[C@@H](Cc1ccc(O)cc1)C(N)=O. The van der Waals surface area contributed by atoms with Crippen molar-refractivity contribution in [3.63, 3.8) is 0 Å². The van der Waals surface area contributed by atoms with Gasteiger partial charge in [0.25, 0.3) is 0 Å². The number of nitrogens with two attached hydrogens (primary N) is 5. The Morgan fingerprint density at radius 2 is 1.13 bits per heavy atom. The fraction of sp³-hybridized carbons (Fsp3) is 0.467. The summed E-state index contributed by atoms with van der Waals surface area (Å²) in [6.45, 7) is 4.91. The summed E-state index contributed by atoms with van der Waals surface area (Å²) in [5.74, 6) is -7.80. The minimum absolute atomic E-state index is 0.0173. The van der Waals surface area contributed by atoms with E-state index in [4.69, 9.17) is 28.7 Å². The lowest BCUT2D eigenvalue weighted by Crippen LogP contribution is -2.60. The van der Waals surface area contributed by atoms with Gasteiger partial charge in [-0.1, -0.05) is 50.6 Å². The van der Waals surface area contributed by atoms with Crippen molar-refractivity contribution in [1.29, 1.82) is 0 Å². The van der Waals surface area contributed by atoms with Crippen molar-refractivity contribution >= 4 is 70.1 Å². The minimum atomic E-state index is -1.61. The Hall–Kier alpha value is -7.92. The molecule has 19 N–H and O–H groups in total. The molecule has 69 heavy (non-hydrogen) atoms. The highest BCUT2D eigenvalue weighted by molar-refractivity contribution is 5.97. The molecule has 0 unspecified atom stereocenters. The third-order valence-corrected chi connectivity index (χ3v) is 11.1. The van der Waals surface area contributed by atoms with Gasteiger partial charge < -0.3 is 75.8 Å². The van der Waals surface area contributed by atoms with E-state index in [1.807, 2.05) is 25.1 Å². The van der Waals surface area contributed by atoms with Gasteiger partial charge in [0.2, 0.25) is 41.4 Å². The third-order valence-electron chi connectivity index (χ3n) is 11.1. The highest BCUT2D eigenvalue weighted by Gasteiger charge is 2.34. The summed E-state index contributed by atoms with van der Waals surface area (Å²) in [5.41, 5.74) is 29.5. The summed E-state index contributed by atoms with van der Waals surface area (Å²) in [4.78, 5) is 118. The number of carbonyl (C=O) groups excluding carboxylic acids is 7. The number of fused-ring (bicyclic) bond motifs is 1. The maximum Gasteiger partial charge on any atom is 0.303 e. The Balaban J connectivity index is 1.98. The standard InChI is InChI=1S/C45H66N14O10/c1-4-24(2)37(54-25(3)60)43(69)59-35(22-27-23-53-30-10-6-5-9-29(27)30)42(68)56-31(11-7-19-51-44(47)48)39(65)57-33(17-18-36(62)63)41(67)55-32(12-8-20-52-45(49)50)40(66)58-34(38(46)64)21-26-13-15-28(61)16-14-26/h5-6,9-10,13-16,23-24,31-35,37,53,61H,4,7-8,11-12,17-22H2,1-3H3,(H2,46,64)(H,54,60)(H,55,67)(H,56,68)(H,57,65)(H,58,66)(H,59,69)(H,62,63)(H4,47,48,51)(H4,49,50,52)/t24-,31-,32-,33-,34-,35-,37-/m0/s1. The summed E-state index contributed by atoms with van der Waals surface area (Å²) in [7, 11) is 0. The van der Waals surface area contributed by atoms with Gasteiger partial charge in [-0.3, -0.25) is 48.3 Å². The molecule has 376 valence electrons. The number of para-hydroxylation sites is 1. The zero-order chi connectivity index (χ0) is 51.2. The molecular formula is C45H66N14O10. The van der Waals surface area contributed by atoms with Gasteiger partial charge in [-0.15, -0.1) is 0 Å². The topological polar surface area (TPSA) is 420 Å². The number of hydrogen-bond donors (Lipinski definition) is 14. The first-order chi connectivity index (χ1) is 32.7. The second-order valence-electron chi connectivity index (χ2n) is 16.5. The molecule has 0 aliphatic heterocycles. The number of rotatable bonds is 29. The smallest absolute Gasteiger partial charge is 0.303 e. The highest BCUT2D eigenvalue weighted by atomic mass is 16.4. The first-order valence-electron chi connectivity index (χ1n) is 22.4. The van der Waals surface area contributed by atoms with E-state index in [1.54, 1.807) is 19.2 Å². The van der Waals surface area contributed by atoms with Crippen LogP contribution in [0.5, 0.6) is 5.75 Å². The fourth-order valence-corrected chi connectivity index (χ4v) is 7.17. The molecular weight excluding hydrogens is 897 g/mol. The number of aromatic nitrogens is 1. The van der Waals surface area contributed by atoms with Gasteiger partial charge in [0, 0.05) is 56.4 Å². The number of benzene rings is 2. The van der Waals surface area contributed by atoms with E-state index < -0.39 is 96.4 Å². The first kappa shape index (κ1) is 55.4. The van der Waals surface area contributed by atoms with E-state index in [-0.39, 0.29) is 75.2 Å². The highest BCUT2D eigenvalue weighted by Crippen LogP contribution is 2.20. The van der Waals surface area contributed by atoms with Crippen molar-refractivity contribution in [2.45, 2.75) is 115 Å². The van der Waals surface area contributed by atoms with E-state index in [0.29, 0.717) is 17.5 Å². The van der Waals surface area contributed by atoms with Gasteiger partial charge in [0.1, 0.15) is 42.0 Å². The molecule has 3 aromatic rings. The van der Waals surface area contributed by atoms with E-state index >= 15 is 0 Å². The minimum Gasteiger partial charge on any atom is -0.508 e. The number of amides is 7. The molecule has 24 heteroatoms. The zero-order valence-corrected chi connectivity index (χ0v) is 39.0. The number of carboxylic acid groups (broad SMARTS) is 1. The van der Waals surface area contributed by atoms with Crippen LogP contribution in [-0.4, -0.2) is 124 Å². The molecule has 0 fully saturated rings. The van der Waals surface area contributed by atoms with Gasteiger partial charge >= 0.3 is 5.97 Å². The second-order valence-corrected chi connectivity index (χ2v) is 16.5. The van der Waals surface area contributed by atoms with Crippen molar-refractivity contribution in [2.75, 3.05) is 13.1 Å². The number of aliphatic imine (C=N–C) groups is 2. The Labute approximate surface area is 398 Å². The van der Waals surface area contributed by atoms with Gasteiger partial charge in [-0.05, 0) is 67.3 Å². The number of aromatic amines is 1. The Morgan fingerprint density at radius 1 is 0.638 bits per heavy atom. The summed E-state index contributed by atoms with van der Waals surface area (Å²) in [6.07, 6.45) is 0.950. The number of nitrogens with one attached hydrogen (secondary N) is 7. The molecule has 0 bridgehead atoms. The summed E-state index contributed by atoms with van der Waals surface area (Å²) in [6, 6.07) is 5.01. The average Bonchev–Trinajstić information content (AvgIpc) is 3.70. The number of H-pyrrole nitrogens is 1. The van der Waals surface area contributed by atoms with Crippen LogP contribution in [0.4, 0.5) is 0 Å². The molecule has 0 radical (unpaired) electrons. The Bertz CT molecular complexity index is 2310. The number of primary amides is 1. The number of nitrogens with zero attached hydrogens (tertiary/aromatic N) is 2.